The minimum atomic E-state index is -1.02. The highest BCUT2D eigenvalue weighted by Gasteiger charge is 2.64. The Hall–Kier alpha value is -2.86. The zero-order valence-electron chi connectivity index (χ0n) is 17.7. The number of fused-ring (bicyclic) bond motifs is 2. The highest BCUT2D eigenvalue weighted by Crippen LogP contribution is 2.53. The molecular weight excluding hydrogens is 448 g/mol. The summed E-state index contributed by atoms with van der Waals surface area (Å²) in [5, 5.41) is 2.63. The molecule has 0 spiro atoms. The Morgan fingerprint density at radius 3 is 2.94 bits per heavy atom. The summed E-state index contributed by atoms with van der Waals surface area (Å²) in [4.78, 5) is 25.5. The van der Waals surface area contributed by atoms with Gasteiger partial charge in [-0.3, -0.25) is 4.98 Å². The molecule has 3 aliphatic heterocycles. The number of nitrogens with two attached hydrogens (primary N) is 1. The molecule has 10 nitrogen and oxygen atoms in total. The zero-order chi connectivity index (χ0) is 22.6. The summed E-state index contributed by atoms with van der Waals surface area (Å²) < 4.78 is 29.8. The lowest BCUT2D eigenvalue weighted by Gasteiger charge is -2.32. The van der Waals surface area contributed by atoms with Gasteiger partial charge in [0.25, 0.3) is 0 Å². The van der Waals surface area contributed by atoms with Gasteiger partial charge < -0.3 is 29.4 Å². The van der Waals surface area contributed by atoms with Crippen molar-refractivity contribution in [1.82, 2.24) is 15.0 Å². The van der Waals surface area contributed by atoms with E-state index in [-0.39, 0.29) is 6.10 Å². The molecule has 3 aromatic heterocycles. The average Bonchev–Trinajstić information content (AvgIpc) is 3.45. The smallest absolute Gasteiger partial charge is 0.424 e. The SMILES string of the molecule is CC12OC(=O)OC1C(CC1OCCC(c3ccncc3)O1)OC2c1scc2c(N)ncnc12. The number of hydrogen-bond donors (Lipinski definition) is 1. The molecule has 0 saturated carbocycles. The van der Waals surface area contributed by atoms with Gasteiger partial charge in [0.15, 0.2) is 18.0 Å². The van der Waals surface area contributed by atoms with E-state index >= 15 is 0 Å². The Bertz CT molecular complexity index is 1190. The number of nitrogens with zero attached hydrogens (tertiary/aromatic N) is 3. The van der Waals surface area contributed by atoms with Gasteiger partial charge in [-0.25, -0.2) is 14.8 Å². The molecule has 0 radical (unpaired) electrons. The number of thiophene rings is 1. The number of ether oxygens (including phenoxy) is 5. The van der Waals surface area contributed by atoms with E-state index in [0.29, 0.717) is 24.4 Å². The highest BCUT2D eigenvalue weighted by atomic mass is 32.1. The molecular formula is C22H22N4O6S. The van der Waals surface area contributed by atoms with Gasteiger partial charge in [0, 0.05) is 30.6 Å². The lowest BCUT2D eigenvalue weighted by atomic mass is 9.90. The largest absolute Gasteiger partial charge is 0.509 e. The molecule has 3 saturated heterocycles. The first-order valence-electron chi connectivity index (χ1n) is 10.7. The average molecular weight is 471 g/mol. The van der Waals surface area contributed by atoms with E-state index in [1.54, 1.807) is 12.4 Å². The fraction of sp³-hybridized carbons (Fsp3) is 0.455. The molecule has 3 aromatic rings. The minimum absolute atomic E-state index is 0.0985. The van der Waals surface area contributed by atoms with Crippen LogP contribution in [0.25, 0.3) is 10.9 Å². The first-order chi connectivity index (χ1) is 16.0. The Kier molecular flexibility index (Phi) is 4.94. The monoisotopic (exact) mass is 470 g/mol. The Morgan fingerprint density at radius 1 is 1.24 bits per heavy atom. The van der Waals surface area contributed by atoms with E-state index in [9.17, 15) is 4.79 Å². The summed E-state index contributed by atoms with van der Waals surface area (Å²) in [5.41, 5.74) is 6.73. The van der Waals surface area contributed by atoms with Crippen molar-refractivity contribution < 1.29 is 28.5 Å². The second kappa shape index (κ2) is 7.87. The van der Waals surface area contributed by atoms with Crippen LogP contribution in [-0.4, -0.2) is 51.8 Å². The summed E-state index contributed by atoms with van der Waals surface area (Å²) in [6.45, 7) is 2.38. The maximum atomic E-state index is 12.2. The van der Waals surface area contributed by atoms with Gasteiger partial charge in [0.05, 0.1) is 28.5 Å². The number of rotatable bonds is 4. The van der Waals surface area contributed by atoms with Crippen LogP contribution in [0.4, 0.5) is 10.6 Å². The van der Waals surface area contributed by atoms with E-state index in [2.05, 4.69) is 15.0 Å². The third-order valence-corrected chi connectivity index (χ3v) is 7.47. The van der Waals surface area contributed by atoms with Crippen molar-refractivity contribution >= 4 is 34.2 Å². The standard InChI is InChI=1S/C22H22N4O6S/c1-22-18(31-21(27)32-22)14(8-15-28-7-4-13(29-15)11-2-5-24-6-3-11)30-19(22)17-16-12(9-33-17)20(23)26-10-25-16/h2-3,5-6,9-10,13-15,18-19H,4,7-8H2,1H3,(H2,23,25,26). The van der Waals surface area contributed by atoms with Crippen LogP contribution in [0, 0.1) is 0 Å². The van der Waals surface area contributed by atoms with Gasteiger partial charge in [0.1, 0.15) is 24.4 Å². The van der Waals surface area contributed by atoms with Gasteiger partial charge in [-0.1, -0.05) is 0 Å². The molecule has 11 heteroatoms. The van der Waals surface area contributed by atoms with E-state index in [1.807, 2.05) is 24.4 Å². The third-order valence-electron chi connectivity index (χ3n) is 6.45. The van der Waals surface area contributed by atoms with Gasteiger partial charge in [0.2, 0.25) is 0 Å². The fourth-order valence-corrected chi connectivity index (χ4v) is 6.00. The summed E-state index contributed by atoms with van der Waals surface area (Å²) in [5.74, 6) is 0.393. The number of carbonyl (C=O) groups excluding carboxylic acids is 1. The molecule has 33 heavy (non-hydrogen) atoms. The van der Waals surface area contributed by atoms with Crippen molar-refractivity contribution in [1.29, 1.82) is 0 Å². The van der Waals surface area contributed by atoms with Crippen molar-refractivity contribution in [2.75, 3.05) is 12.3 Å². The van der Waals surface area contributed by atoms with Crippen LogP contribution >= 0.6 is 11.3 Å². The van der Waals surface area contributed by atoms with Gasteiger partial charge in [-0.05, 0) is 24.6 Å². The molecule has 0 bridgehead atoms. The molecule has 6 heterocycles. The van der Waals surface area contributed by atoms with E-state index < -0.39 is 36.4 Å². The van der Waals surface area contributed by atoms with E-state index in [0.717, 1.165) is 22.2 Å². The minimum Gasteiger partial charge on any atom is -0.424 e. The van der Waals surface area contributed by atoms with E-state index in [4.69, 9.17) is 29.4 Å². The predicted molar refractivity (Wildman–Crippen MR) is 116 cm³/mol. The molecule has 172 valence electrons. The number of pyridine rings is 1. The van der Waals surface area contributed by atoms with Crippen LogP contribution in [-0.2, 0) is 23.7 Å². The molecule has 6 unspecified atom stereocenters. The summed E-state index contributed by atoms with van der Waals surface area (Å²) in [6.07, 6.45) is 3.05. The lowest BCUT2D eigenvalue weighted by Crippen LogP contribution is -2.41. The number of anilines is 1. The molecule has 2 N–H and O–H groups in total. The Morgan fingerprint density at radius 2 is 2.09 bits per heavy atom. The number of hydrogen-bond acceptors (Lipinski definition) is 11. The topological polar surface area (TPSA) is 128 Å². The van der Waals surface area contributed by atoms with Crippen LogP contribution in [0.2, 0.25) is 0 Å². The Labute approximate surface area is 193 Å². The first-order valence-corrected chi connectivity index (χ1v) is 11.6. The molecule has 3 aliphatic rings. The summed E-state index contributed by atoms with van der Waals surface area (Å²) in [6, 6.07) is 3.88. The van der Waals surface area contributed by atoms with Crippen LogP contribution in [0.5, 0.6) is 0 Å². The number of carbonyl (C=O) groups is 1. The van der Waals surface area contributed by atoms with Gasteiger partial charge >= 0.3 is 6.16 Å². The number of aromatic nitrogens is 3. The second-order valence-electron chi connectivity index (χ2n) is 8.48. The summed E-state index contributed by atoms with van der Waals surface area (Å²) >= 11 is 1.45. The fourth-order valence-electron chi connectivity index (χ4n) is 4.83. The first kappa shape index (κ1) is 20.7. The van der Waals surface area contributed by atoms with Crippen molar-refractivity contribution in [3.05, 3.63) is 46.7 Å². The molecule has 6 atom stereocenters. The van der Waals surface area contributed by atoms with Crippen molar-refractivity contribution in [3.63, 3.8) is 0 Å². The molecule has 0 aromatic carbocycles. The van der Waals surface area contributed by atoms with Crippen molar-refractivity contribution in [2.24, 2.45) is 0 Å². The molecule has 6 rings (SSSR count). The van der Waals surface area contributed by atoms with Crippen LogP contribution in [0.3, 0.4) is 0 Å². The lowest BCUT2D eigenvalue weighted by molar-refractivity contribution is -0.229. The maximum Gasteiger partial charge on any atom is 0.509 e. The number of nitrogen functional groups attached to an aromatic ring is 1. The van der Waals surface area contributed by atoms with Crippen molar-refractivity contribution in [2.45, 2.75) is 56.1 Å². The second-order valence-corrected chi connectivity index (χ2v) is 9.39. The molecule has 0 amide bonds. The molecule has 0 aliphatic carbocycles. The van der Waals surface area contributed by atoms with Crippen LogP contribution in [0.15, 0.2) is 36.2 Å². The van der Waals surface area contributed by atoms with Crippen LogP contribution in [0.1, 0.15) is 42.4 Å². The van der Waals surface area contributed by atoms with Crippen molar-refractivity contribution in [3.8, 4) is 0 Å². The van der Waals surface area contributed by atoms with Gasteiger partial charge in [-0.2, -0.15) is 0 Å². The van der Waals surface area contributed by atoms with E-state index in [1.165, 1.54) is 17.7 Å². The third kappa shape index (κ3) is 3.43. The van der Waals surface area contributed by atoms with Crippen LogP contribution < -0.4 is 5.73 Å². The highest BCUT2D eigenvalue weighted by molar-refractivity contribution is 7.11. The maximum absolute atomic E-state index is 12.2. The Balaban J connectivity index is 1.27. The summed E-state index contributed by atoms with van der Waals surface area (Å²) in [7, 11) is 0. The normalized spacial score (nSPS) is 33.6. The quantitative estimate of drug-likeness (QED) is 0.567. The van der Waals surface area contributed by atoms with Gasteiger partial charge in [-0.15, -0.1) is 11.3 Å². The zero-order valence-corrected chi connectivity index (χ0v) is 18.6. The molecule has 3 fully saturated rings. The predicted octanol–water partition coefficient (Wildman–Crippen LogP) is 3.30.